The predicted octanol–water partition coefficient (Wildman–Crippen LogP) is 5.20. The van der Waals surface area contributed by atoms with Gasteiger partial charge in [-0.3, -0.25) is 0 Å². The van der Waals surface area contributed by atoms with Crippen LogP contribution >= 0.6 is 0 Å². The van der Waals surface area contributed by atoms with Gasteiger partial charge in [-0.25, -0.2) is 0 Å². The molecule has 0 saturated heterocycles. The fraction of sp³-hybridized carbons (Fsp3) is 0.600. The van der Waals surface area contributed by atoms with Crippen molar-refractivity contribution >= 4 is 0 Å². The average Bonchev–Trinajstić information content (AvgIpc) is 3.22. The average molecular weight is 204 g/mol. The van der Waals surface area contributed by atoms with Crippen LogP contribution < -0.4 is 0 Å². The minimum atomic E-state index is 1.50. The molecule has 0 amide bonds. The van der Waals surface area contributed by atoms with E-state index >= 15 is 0 Å². The summed E-state index contributed by atoms with van der Waals surface area (Å²) < 4.78 is 0. The summed E-state index contributed by atoms with van der Waals surface area (Å²) in [4.78, 5) is 0. The Kier molecular flexibility index (Phi) is 8.00. The molecule has 2 saturated carbocycles. The molecule has 0 bridgehead atoms. The number of rotatable bonds is 0. The molecule has 0 unspecified atom stereocenters. The molecule has 2 fully saturated rings. The summed E-state index contributed by atoms with van der Waals surface area (Å²) in [6.07, 6.45) is 13.5. The van der Waals surface area contributed by atoms with Crippen LogP contribution in [0.25, 0.3) is 0 Å². The fourth-order valence-corrected chi connectivity index (χ4v) is 1.45. The standard InChI is InChI=1S/C6H12.C6H6.C3H6/c2*1-2-4-6-5-3-1;1-2-3-1/h1-6H2;1-6H;1-3H2. The van der Waals surface area contributed by atoms with E-state index in [1.165, 1.54) is 57.8 Å². The number of hydrogen-bond donors (Lipinski definition) is 0. The molecule has 84 valence electrons. The Hall–Kier alpha value is -0.780. The van der Waals surface area contributed by atoms with Crippen molar-refractivity contribution < 1.29 is 0 Å². The van der Waals surface area contributed by atoms with Crippen molar-refractivity contribution in [2.75, 3.05) is 0 Å². The Morgan fingerprint density at radius 1 is 0.267 bits per heavy atom. The van der Waals surface area contributed by atoms with Gasteiger partial charge in [-0.15, -0.1) is 0 Å². The molecule has 0 aromatic heterocycles. The van der Waals surface area contributed by atoms with Gasteiger partial charge in [-0.2, -0.15) is 0 Å². The molecule has 0 atom stereocenters. The van der Waals surface area contributed by atoms with Gasteiger partial charge in [-0.1, -0.05) is 94.2 Å². The van der Waals surface area contributed by atoms with Crippen LogP contribution in [0.5, 0.6) is 0 Å². The molecule has 0 N–H and O–H groups in total. The first-order chi connectivity index (χ1) is 7.50. The summed E-state index contributed by atoms with van der Waals surface area (Å²) in [5, 5.41) is 0. The van der Waals surface area contributed by atoms with Crippen LogP contribution in [0.1, 0.15) is 57.8 Å². The second-order valence-electron chi connectivity index (χ2n) is 4.34. The first kappa shape index (κ1) is 12.3. The summed E-state index contributed by atoms with van der Waals surface area (Å²) in [6.45, 7) is 0. The van der Waals surface area contributed by atoms with Crippen LogP contribution in [0, 0.1) is 0 Å². The van der Waals surface area contributed by atoms with Crippen LogP contribution in [0.3, 0.4) is 0 Å². The van der Waals surface area contributed by atoms with Crippen LogP contribution in [-0.2, 0) is 0 Å². The van der Waals surface area contributed by atoms with E-state index in [4.69, 9.17) is 0 Å². The molecule has 0 heterocycles. The molecule has 0 heteroatoms. The Bertz CT molecular complexity index is 156. The fourth-order valence-electron chi connectivity index (χ4n) is 1.45. The summed E-state index contributed by atoms with van der Waals surface area (Å²) in [7, 11) is 0. The van der Waals surface area contributed by atoms with Gasteiger partial charge in [0.2, 0.25) is 0 Å². The van der Waals surface area contributed by atoms with Crippen LogP contribution in [-0.4, -0.2) is 0 Å². The molecular formula is C15H24. The third-order valence-corrected chi connectivity index (χ3v) is 2.52. The van der Waals surface area contributed by atoms with Crippen molar-refractivity contribution in [2.45, 2.75) is 57.8 Å². The Labute approximate surface area is 94.7 Å². The molecule has 1 aromatic rings. The Balaban J connectivity index is 0.000000119. The molecular weight excluding hydrogens is 180 g/mol. The number of hydrogen-bond acceptors (Lipinski definition) is 0. The zero-order valence-corrected chi connectivity index (χ0v) is 9.83. The SMILES string of the molecule is C1CC1.C1CCCCC1.c1ccccc1. The normalized spacial score (nSPS) is 17.6. The van der Waals surface area contributed by atoms with E-state index in [1.807, 2.05) is 36.4 Å². The van der Waals surface area contributed by atoms with Gasteiger partial charge >= 0.3 is 0 Å². The second kappa shape index (κ2) is 9.76. The van der Waals surface area contributed by atoms with E-state index in [-0.39, 0.29) is 0 Å². The third kappa shape index (κ3) is 11.1. The highest BCUT2D eigenvalue weighted by Gasteiger charge is 1.95. The molecule has 3 rings (SSSR count). The molecule has 1 aromatic carbocycles. The van der Waals surface area contributed by atoms with Gasteiger partial charge in [0.25, 0.3) is 0 Å². The lowest BCUT2D eigenvalue weighted by atomic mass is 10.0. The zero-order chi connectivity index (χ0) is 10.6. The van der Waals surface area contributed by atoms with E-state index in [0.717, 1.165) is 0 Å². The van der Waals surface area contributed by atoms with E-state index < -0.39 is 0 Å². The lowest BCUT2D eigenvalue weighted by Crippen LogP contribution is -1.85. The van der Waals surface area contributed by atoms with E-state index in [1.54, 1.807) is 0 Å². The lowest BCUT2D eigenvalue weighted by Gasteiger charge is -2.05. The largest absolute Gasteiger partial charge is 0.0623 e. The first-order valence-electron chi connectivity index (χ1n) is 6.50. The minimum absolute atomic E-state index is 1.50. The lowest BCUT2D eigenvalue weighted by molar-refractivity contribution is 0.504. The van der Waals surface area contributed by atoms with Crippen LogP contribution in [0.2, 0.25) is 0 Å². The highest BCUT2D eigenvalue weighted by Crippen LogP contribution is 2.15. The topological polar surface area (TPSA) is 0 Å². The van der Waals surface area contributed by atoms with Crippen molar-refractivity contribution in [3.05, 3.63) is 36.4 Å². The van der Waals surface area contributed by atoms with Crippen molar-refractivity contribution in [3.63, 3.8) is 0 Å². The zero-order valence-electron chi connectivity index (χ0n) is 9.83. The molecule has 15 heavy (non-hydrogen) atoms. The van der Waals surface area contributed by atoms with Gasteiger partial charge in [0.1, 0.15) is 0 Å². The van der Waals surface area contributed by atoms with Gasteiger partial charge in [0.15, 0.2) is 0 Å². The van der Waals surface area contributed by atoms with Crippen molar-refractivity contribution in [2.24, 2.45) is 0 Å². The maximum atomic E-state index is 2.00. The van der Waals surface area contributed by atoms with E-state index in [9.17, 15) is 0 Å². The molecule has 0 spiro atoms. The summed E-state index contributed by atoms with van der Waals surface area (Å²) >= 11 is 0. The third-order valence-electron chi connectivity index (χ3n) is 2.52. The van der Waals surface area contributed by atoms with Gasteiger partial charge in [-0.05, 0) is 0 Å². The molecule has 0 aliphatic heterocycles. The summed E-state index contributed by atoms with van der Waals surface area (Å²) in [5.41, 5.74) is 0. The second-order valence-corrected chi connectivity index (χ2v) is 4.34. The van der Waals surface area contributed by atoms with E-state index in [2.05, 4.69) is 0 Å². The quantitative estimate of drug-likeness (QED) is 0.545. The van der Waals surface area contributed by atoms with Gasteiger partial charge in [0, 0.05) is 0 Å². The minimum Gasteiger partial charge on any atom is -0.0623 e. The Morgan fingerprint density at radius 3 is 0.533 bits per heavy atom. The highest BCUT2D eigenvalue weighted by atomic mass is 14.0. The maximum Gasteiger partial charge on any atom is -0.0533 e. The number of benzene rings is 1. The highest BCUT2D eigenvalue weighted by molar-refractivity contribution is 4.99. The predicted molar refractivity (Wildman–Crippen MR) is 68.0 cm³/mol. The van der Waals surface area contributed by atoms with Crippen molar-refractivity contribution in [1.29, 1.82) is 0 Å². The summed E-state index contributed by atoms with van der Waals surface area (Å²) in [5.74, 6) is 0. The Morgan fingerprint density at radius 2 is 0.400 bits per heavy atom. The molecule has 0 nitrogen and oxygen atoms in total. The summed E-state index contributed by atoms with van der Waals surface area (Å²) in [6, 6.07) is 12.0. The monoisotopic (exact) mass is 204 g/mol. The van der Waals surface area contributed by atoms with Crippen LogP contribution in [0.15, 0.2) is 36.4 Å². The smallest absolute Gasteiger partial charge is 0.0533 e. The van der Waals surface area contributed by atoms with Crippen molar-refractivity contribution in [1.82, 2.24) is 0 Å². The first-order valence-corrected chi connectivity index (χ1v) is 6.50. The van der Waals surface area contributed by atoms with Crippen LogP contribution in [0.4, 0.5) is 0 Å². The van der Waals surface area contributed by atoms with Crippen molar-refractivity contribution in [3.8, 4) is 0 Å². The molecule has 2 aliphatic rings. The molecule has 2 aliphatic carbocycles. The maximum absolute atomic E-state index is 2.00. The van der Waals surface area contributed by atoms with Gasteiger partial charge in [0.05, 0.1) is 0 Å². The van der Waals surface area contributed by atoms with E-state index in [0.29, 0.717) is 0 Å². The van der Waals surface area contributed by atoms with Gasteiger partial charge < -0.3 is 0 Å². The molecule has 0 radical (unpaired) electrons.